The van der Waals surface area contributed by atoms with Gasteiger partial charge in [-0.05, 0) is 12.1 Å². The van der Waals surface area contributed by atoms with Crippen LogP contribution in [0, 0.1) is 10.1 Å². The Morgan fingerprint density at radius 2 is 1.96 bits per heavy atom. The standard InChI is InChI=1S/C14H18N2O8/c1-7(18)15-11-13(20)12(19)10(6-17)24-14(11)23-9-4-2-8(3-5-9)16(21)22/h2-5,10-14,17,19-20H,6H2,1H3,(H,15,18)/t10-,11+,12+,13+,14-/m1/s1. The van der Waals surface area contributed by atoms with E-state index < -0.39 is 48.1 Å². The second-order valence-corrected chi connectivity index (χ2v) is 5.30. The first-order valence-corrected chi connectivity index (χ1v) is 7.14. The minimum atomic E-state index is -1.43. The molecule has 1 aromatic rings. The van der Waals surface area contributed by atoms with Crippen LogP contribution in [-0.2, 0) is 9.53 Å². The van der Waals surface area contributed by atoms with Gasteiger partial charge in [0, 0.05) is 19.1 Å². The Kier molecular flexibility index (Phi) is 5.67. The number of rotatable bonds is 5. The number of nitro groups is 1. The maximum Gasteiger partial charge on any atom is 0.269 e. The van der Waals surface area contributed by atoms with Gasteiger partial charge in [0.1, 0.15) is 30.1 Å². The number of benzene rings is 1. The lowest BCUT2D eigenvalue weighted by atomic mass is 9.97. The maximum absolute atomic E-state index is 11.3. The molecule has 2 rings (SSSR count). The summed E-state index contributed by atoms with van der Waals surface area (Å²) < 4.78 is 10.9. The summed E-state index contributed by atoms with van der Waals surface area (Å²) in [6.45, 7) is 0.658. The molecule has 132 valence electrons. The van der Waals surface area contributed by atoms with Gasteiger partial charge in [0.25, 0.3) is 5.69 Å². The molecule has 1 saturated heterocycles. The molecule has 1 heterocycles. The first-order valence-electron chi connectivity index (χ1n) is 7.14. The Hall–Kier alpha value is -2.27. The molecule has 0 unspecified atom stereocenters. The molecule has 0 aromatic heterocycles. The Bertz CT molecular complexity index is 593. The lowest BCUT2D eigenvalue weighted by molar-refractivity contribution is -0.384. The summed E-state index contributed by atoms with van der Waals surface area (Å²) >= 11 is 0. The maximum atomic E-state index is 11.3. The van der Waals surface area contributed by atoms with Crippen LogP contribution in [0.4, 0.5) is 5.69 Å². The van der Waals surface area contributed by atoms with Crippen molar-refractivity contribution in [2.75, 3.05) is 6.61 Å². The van der Waals surface area contributed by atoms with Crippen molar-refractivity contribution in [1.82, 2.24) is 5.32 Å². The predicted octanol–water partition coefficient (Wildman–Crippen LogP) is -1.08. The van der Waals surface area contributed by atoms with Gasteiger partial charge in [0.2, 0.25) is 12.2 Å². The Balaban J connectivity index is 2.19. The molecule has 0 saturated carbocycles. The number of ether oxygens (including phenoxy) is 2. The third-order valence-corrected chi connectivity index (χ3v) is 3.55. The highest BCUT2D eigenvalue weighted by molar-refractivity contribution is 5.73. The van der Waals surface area contributed by atoms with Crippen LogP contribution in [0.1, 0.15) is 6.92 Å². The van der Waals surface area contributed by atoms with E-state index in [1.165, 1.54) is 31.2 Å². The average Bonchev–Trinajstić information content (AvgIpc) is 2.54. The van der Waals surface area contributed by atoms with Crippen LogP contribution in [0.15, 0.2) is 24.3 Å². The van der Waals surface area contributed by atoms with Crippen LogP contribution in [0.25, 0.3) is 0 Å². The van der Waals surface area contributed by atoms with Gasteiger partial charge < -0.3 is 30.1 Å². The number of aliphatic hydroxyl groups excluding tert-OH is 3. The smallest absolute Gasteiger partial charge is 0.269 e. The summed E-state index contributed by atoms with van der Waals surface area (Å²) in [6, 6.07) is 4.02. The van der Waals surface area contributed by atoms with Gasteiger partial charge in [-0.25, -0.2) is 0 Å². The fourth-order valence-electron chi connectivity index (χ4n) is 2.35. The molecule has 1 aliphatic rings. The number of amides is 1. The van der Waals surface area contributed by atoms with E-state index in [-0.39, 0.29) is 11.4 Å². The van der Waals surface area contributed by atoms with Gasteiger partial charge in [-0.1, -0.05) is 0 Å². The van der Waals surface area contributed by atoms with Gasteiger partial charge in [-0.2, -0.15) is 0 Å². The predicted molar refractivity (Wildman–Crippen MR) is 79.1 cm³/mol. The second kappa shape index (κ2) is 7.53. The molecular weight excluding hydrogens is 324 g/mol. The van der Waals surface area contributed by atoms with Gasteiger partial charge in [0.05, 0.1) is 11.5 Å². The van der Waals surface area contributed by atoms with Gasteiger partial charge in [0.15, 0.2) is 0 Å². The minimum absolute atomic E-state index is 0.131. The zero-order chi connectivity index (χ0) is 17.9. The van der Waals surface area contributed by atoms with E-state index in [4.69, 9.17) is 9.47 Å². The monoisotopic (exact) mass is 342 g/mol. The summed E-state index contributed by atoms with van der Waals surface area (Å²) in [5.41, 5.74) is -0.131. The zero-order valence-corrected chi connectivity index (χ0v) is 12.7. The quantitative estimate of drug-likeness (QED) is 0.389. The lowest BCUT2D eigenvalue weighted by Crippen LogP contribution is -2.65. The molecule has 1 amide bonds. The fraction of sp³-hybridized carbons (Fsp3) is 0.500. The van der Waals surface area contributed by atoms with E-state index in [9.17, 15) is 30.2 Å². The second-order valence-electron chi connectivity index (χ2n) is 5.30. The number of aliphatic hydroxyl groups is 3. The number of carbonyl (C=O) groups is 1. The molecule has 0 bridgehead atoms. The van der Waals surface area contributed by atoms with Crippen molar-refractivity contribution in [3.63, 3.8) is 0 Å². The molecule has 0 spiro atoms. The van der Waals surface area contributed by atoms with E-state index >= 15 is 0 Å². The number of nitrogens with one attached hydrogen (secondary N) is 1. The molecule has 0 aliphatic carbocycles. The topological polar surface area (TPSA) is 151 Å². The van der Waals surface area contributed by atoms with Crippen molar-refractivity contribution < 1.29 is 34.5 Å². The number of hydrogen-bond acceptors (Lipinski definition) is 8. The van der Waals surface area contributed by atoms with E-state index in [1.807, 2.05) is 0 Å². The van der Waals surface area contributed by atoms with Crippen molar-refractivity contribution in [3.05, 3.63) is 34.4 Å². The summed E-state index contributed by atoms with van der Waals surface area (Å²) in [5.74, 6) is -0.282. The lowest BCUT2D eigenvalue weighted by Gasteiger charge is -2.42. The largest absolute Gasteiger partial charge is 0.463 e. The fourth-order valence-corrected chi connectivity index (χ4v) is 2.35. The van der Waals surface area contributed by atoms with Crippen LogP contribution >= 0.6 is 0 Å². The zero-order valence-electron chi connectivity index (χ0n) is 12.7. The van der Waals surface area contributed by atoms with Crippen molar-refractivity contribution in [3.8, 4) is 5.75 Å². The SMILES string of the molecule is CC(=O)N[C@@H]1[C@H](Oc2ccc([N+](=O)[O-])cc2)O[C@H](CO)[C@H](O)[C@H]1O. The summed E-state index contributed by atoms with van der Waals surface area (Å²) in [7, 11) is 0. The number of hydrogen-bond donors (Lipinski definition) is 4. The van der Waals surface area contributed by atoms with Gasteiger partial charge >= 0.3 is 0 Å². The number of nitro benzene ring substituents is 1. The molecule has 24 heavy (non-hydrogen) atoms. The van der Waals surface area contributed by atoms with Crippen molar-refractivity contribution in [2.24, 2.45) is 0 Å². The van der Waals surface area contributed by atoms with Crippen LogP contribution in [0.2, 0.25) is 0 Å². The van der Waals surface area contributed by atoms with E-state index in [0.29, 0.717) is 0 Å². The summed E-state index contributed by atoms with van der Waals surface area (Å²) in [5, 5.41) is 42.3. The first kappa shape index (κ1) is 18.1. The van der Waals surface area contributed by atoms with Crippen LogP contribution < -0.4 is 10.1 Å². The molecule has 4 N–H and O–H groups in total. The third-order valence-electron chi connectivity index (χ3n) is 3.55. The Morgan fingerprint density at radius 1 is 1.33 bits per heavy atom. The highest BCUT2D eigenvalue weighted by atomic mass is 16.7. The molecule has 0 radical (unpaired) electrons. The van der Waals surface area contributed by atoms with Crippen molar-refractivity contribution in [1.29, 1.82) is 0 Å². The molecule has 10 nitrogen and oxygen atoms in total. The Labute approximate surface area is 136 Å². The van der Waals surface area contributed by atoms with Gasteiger partial charge in [-0.15, -0.1) is 0 Å². The number of carbonyl (C=O) groups excluding carboxylic acids is 1. The average molecular weight is 342 g/mol. The van der Waals surface area contributed by atoms with Crippen LogP contribution in [0.3, 0.4) is 0 Å². The Morgan fingerprint density at radius 3 is 2.46 bits per heavy atom. The minimum Gasteiger partial charge on any atom is -0.463 e. The normalized spacial score (nSPS) is 29.8. The molecule has 1 aromatic carbocycles. The number of non-ortho nitro benzene ring substituents is 1. The van der Waals surface area contributed by atoms with Crippen LogP contribution in [0.5, 0.6) is 5.75 Å². The van der Waals surface area contributed by atoms with E-state index in [2.05, 4.69) is 5.32 Å². The molecule has 1 aliphatic heterocycles. The molecule has 5 atom stereocenters. The summed E-state index contributed by atoms with van der Waals surface area (Å²) in [6.07, 6.45) is -5.15. The first-order chi connectivity index (χ1) is 11.3. The van der Waals surface area contributed by atoms with Crippen molar-refractivity contribution >= 4 is 11.6 Å². The van der Waals surface area contributed by atoms with E-state index in [1.54, 1.807) is 0 Å². The van der Waals surface area contributed by atoms with Gasteiger partial charge in [-0.3, -0.25) is 14.9 Å². The van der Waals surface area contributed by atoms with Crippen LogP contribution in [-0.4, -0.2) is 63.4 Å². The highest BCUT2D eigenvalue weighted by Crippen LogP contribution is 2.25. The van der Waals surface area contributed by atoms with E-state index in [0.717, 1.165) is 0 Å². The highest BCUT2D eigenvalue weighted by Gasteiger charge is 2.46. The summed E-state index contributed by atoms with van der Waals surface area (Å²) in [4.78, 5) is 21.4. The molecular formula is C14H18N2O8. The number of nitrogens with zero attached hydrogens (tertiary/aromatic N) is 1. The molecule has 1 fully saturated rings. The third kappa shape index (κ3) is 3.97. The van der Waals surface area contributed by atoms with Crippen molar-refractivity contribution in [2.45, 2.75) is 37.6 Å². The molecule has 10 heteroatoms.